The van der Waals surface area contributed by atoms with Gasteiger partial charge < -0.3 is 15.5 Å². The largest absolute Gasteiger partial charge is 0.334 e. The van der Waals surface area contributed by atoms with E-state index in [9.17, 15) is 9.59 Å². The molecule has 1 saturated heterocycles. The Morgan fingerprint density at radius 3 is 2.84 bits per heavy atom. The molecular weight excluding hydrogens is 318 g/mol. The molecule has 1 unspecified atom stereocenters. The molecule has 0 radical (unpaired) electrons. The number of rotatable bonds is 3. The number of aromatic amines is 1. The Bertz CT molecular complexity index is 823. The van der Waals surface area contributed by atoms with E-state index in [0.717, 1.165) is 41.9 Å². The molecule has 1 atom stereocenters. The third kappa shape index (κ3) is 3.15. The summed E-state index contributed by atoms with van der Waals surface area (Å²) in [5.74, 6) is -0.173. The molecule has 1 aromatic carbocycles. The van der Waals surface area contributed by atoms with Crippen LogP contribution in [0.15, 0.2) is 24.3 Å². The average molecular weight is 339 g/mol. The minimum absolute atomic E-state index is 0.0614. The number of carbonyl (C=O) groups is 2. The summed E-state index contributed by atoms with van der Waals surface area (Å²) in [6.07, 6.45) is 2.19. The highest BCUT2D eigenvalue weighted by molar-refractivity contribution is 6.03. The second kappa shape index (κ2) is 6.33. The highest BCUT2D eigenvalue weighted by Gasteiger charge is 2.22. The maximum atomic E-state index is 12.4. The molecule has 25 heavy (non-hydrogen) atoms. The molecular formula is C18H21N5O2. The van der Waals surface area contributed by atoms with Gasteiger partial charge >= 0.3 is 0 Å². The number of anilines is 1. The summed E-state index contributed by atoms with van der Waals surface area (Å²) < 4.78 is 0. The maximum absolute atomic E-state index is 12.4. The number of amides is 2. The number of hydrogen-bond acceptors (Lipinski definition) is 4. The van der Waals surface area contributed by atoms with Gasteiger partial charge in [0.2, 0.25) is 5.91 Å². The molecule has 1 aromatic heterocycles. The standard InChI is InChI=1S/C18H21N5O2/c1-11(24)23-9-12-4-5-14(7-13(12)10-23)20-18(25)17-8-16(21-22-17)15-3-2-6-19-15/h4-5,7-8,15,19H,2-3,6,9-10H2,1H3,(H,20,25)(H,21,22). The quantitative estimate of drug-likeness (QED) is 0.797. The van der Waals surface area contributed by atoms with E-state index in [2.05, 4.69) is 20.8 Å². The Balaban J connectivity index is 1.45. The first-order valence-corrected chi connectivity index (χ1v) is 8.57. The maximum Gasteiger partial charge on any atom is 0.276 e. The van der Waals surface area contributed by atoms with E-state index in [4.69, 9.17) is 0 Å². The molecule has 3 N–H and O–H groups in total. The highest BCUT2D eigenvalue weighted by Crippen LogP contribution is 2.26. The summed E-state index contributed by atoms with van der Waals surface area (Å²) in [6, 6.07) is 7.83. The van der Waals surface area contributed by atoms with Crippen LogP contribution in [-0.4, -0.2) is 33.5 Å². The summed E-state index contributed by atoms with van der Waals surface area (Å²) in [5, 5.41) is 13.4. The fourth-order valence-corrected chi connectivity index (χ4v) is 3.47. The number of H-pyrrole nitrogens is 1. The van der Waals surface area contributed by atoms with E-state index in [1.165, 1.54) is 0 Å². The number of nitrogens with one attached hydrogen (secondary N) is 3. The van der Waals surface area contributed by atoms with Crippen LogP contribution in [0.5, 0.6) is 0 Å². The molecule has 130 valence electrons. The molecule has 0 bridgehead atoms. The van der Waals surface area contributed by atoms with Gasteiger partial charge in [0.1, 0.15) is 0 Å². The molecule has 2 aliphatic rings. The Morgan fingerprint density at radius 2 is 2.08 bits per heavy atom. The van der Waals surface area contributed by atoms with Gasteiger partial charge in [-0.05, 0) is 48.7 Å². The number of benzene rings is 1. The van der Waals surface area contributed by atoms with E-state index >= 15 is 0 Å². The minimum Gasteiger partial charge on any atom is -0.334 e. The Labute approximate surface area is 145 Å². The van der Waals surface area contributed by atoms with E-state index < -0.39 is 0 Å². The Morgan fingerprint density at radius 1 is 1.24 bits per heavy atom. The van der Waals surface area contributed by atoms with E-state index in [0.29, 0.717) is 18.8 Å². The first-order chi connectivity index (χ1) is 12.1. The normalized spacial score (nSPS) is 19.1. The SMILES string of the molecule is CC(=O)N1Cc2ccc(NC(=O)c3cc(C4CCCN4)[nH]n3)cc2C1. The fraction of sp³-hybridized carbons (Fsp3) is 0.389. The molecule has 7 heteroatoms. The number of fused-ring (bicyclic) bond motifs is 1. The number of hydrogen-bond donors (Lipinski definition) is 3. The van der Waals surface area contributed by atoms with Gasteiger partial charge in [0.05, 0.1) is 5.69 Å². The minimum atomic E-state index is -0.234. The van der Waals surface area contributed by atoms with Crippen molar-refractivity contribution in [3.63, 3.8) is 0 Å². The van der Waals surface area contributed by atoms with Gasteiger partial charge in [0, 0.05) is 31.7 Å². The van der Waals surface area contributed by atoms with Gasteiger partial charge in [-0.1, -0.05) is 6.07 Å². The topological polar surface area (TPSA) is 90.1 Å². The van der Waals surface area contributed by atoms with Crippen LogP contribution in [0, 0.1) is 0 Å². The molecule has 0 spiro atoms. The Hall–Kier alpha value is -2.67. The van der Waals surface area contributed by atoms with Crippen LogP contribution < -0.4 is 10.6 Å². The van der Waals surface area contributed by atoms with Crippen LogP contribution in [0.25, 0.3) is 0 Å². The van der Waals surface area contributed by atoms with Crippen molar-refractivity contribution in [2.75, 3.05) is 11.9 Å². The van der Waals surface area contributed by atoms with Crippen molar-refractivity contribution in [1.29, 1.82) is 0 Å². The van der Waals surface area contributed by atoms with Crippen LogP contribution in [0.4, 0.5) is 5.69 Å². The second-order valence-corrected chi connectivity index (χ2v) is 6.67. The summed E-state index contributed by atoms with van der Waals surface area (Å²) >= 11 is 0. The van der Waals surface area contributed by atoms with Crippen molar-refractivity contribution in [1.82, 2.24) is 20.4 Å². The van der Waals surface area contributed by atoms with Crippen molar-refractivity contribution in [3.8, 4) is 0 Å². The molecule has 0 aliphatic carbocycles. The zero-order valence-corrected chi connectivity index (χ0v) is 14.1. The van der Waals surface area contributed by atoms with Crippen molar-refractivity contribution in [2.24, 2.45) is 0 Å². The van der Waals surface area contributed by atoms with Gasteiger partial charge in [-0.2, -0.15) is 5.10 Å². The lowest BCUT2D eigenvalue weighted by molar-refractivity contribution is -0.129. The zero-order valence-electron chi connectivity index (χ0n) is 14.1. The number of aromatic nitrogens is 2. The zero-order chi connectivity index (χ0) is 17.4. The Kier molecular flexibility index (Phi) is 4.01. The van der Waals surface area contributed by atoms with Crippen LogP contribution in [0.3, 0.4) is 0 Å². The summed E-state index contributed by atoms with van der Waals surface area (Å²) in [4.78, 5) is 25.7. The predicted octanol–water partition coefficient (Wildman–Crippen LogP) is 1.95. The first kappa shape index (κ1) is 15.8. The molecule has 2 amide bonds. The second-order valence-electron chi connectivity index (χ2n) is 6.67. The van der Waals surface area contributed by atoms with Gasteiger partial charge in [0.25, 0.3) is 5.91 Å². The third-order valence-corrected chi connectivity index (χ3v) is 4.90. The summed E-state index contributed by atoms with van der Waals surface area (Å²) in [5.41, 5.74) is 4.26. The number of nitrogens with zero attached hydrogens (tertiary/aromatic N) is 2. The van der Waals surface area contributed by atoms with Crippen LogP contribution in [-0.2, 0) is 17.9 Å². The van der Waals surface area contributed by atoms with E-state index in [1.807, 2.05) is 24.3 Å². The van der Waals surface area contributed by atoms with Crippen molar-refractivity contribution >= 4 is 17.5 Å². The molecule has 1 fully saturated rings. The molecule has 3 heterocycles. The highest BCUT2D eigenvalue weighted by atomic mass is 16.2. The van der Waals surface area contributed by atoms with E-state index in [1.54, 1.807) is 11.8 Å². The van der Waals surface area contributed by atoms with Gasteiger partial charge in [0.15, 0.2) is 5.69 Å². The first-order valence-electron chi connectivity index (χ1n) is 8.57. The third-order valence-electron chi connectivity index (χ3n) is 4.90. The van der Waals surface area contributed by atoms with Gasteiger partial charge in [-0.25, -0.2) is 0 Å². The molecule has 2 aromatic rings. The van der Waals surface area contributed by atoms with Crippen molar-refractivity contribution in [2.45, 2.75) is 38.9 Å². The van der Waals surface area contributed by atoms with Crippen LogP contribution in [0.2, 0.25) is 0 Å². The molecule has 4 rings (SSSR count). The summed E-state index contributed by atoms with van der Waals surface area (Å²) in [6.45, 7) is 3.80. The smallest absolute Gasteiger partial charge is 0.276 e. The lowest BCUT2D eigenvalue weighted by Gasteiger charge is -2.11. The number of carbonyl (C=O) groups excluding carboxylic acids is 2. The molecule has 2 aliphatic heterocycles. The monoisotopic (exact) mass is 339 g/mol. The van der Waals surface area contributed by atoms with Gasteiger partial charge in [-0.15, -0.1) is 0 Å². The lowest BCUT2D eigenvalue weighted by atomic mass is 10.1. The van der Waals surface area contributed by atoms with Crippen LogP contribution >= 0.6 is 0 Å². The average Bonchev–Trinajstić information content (AvgIpc) is 3.33. The van der Waals surface area contributed by atoms with Crippen molar-refractivity contribution in [3.05, 3.63) is 46.8 Å². The van der Waals surface area contributed by atoms with E-state index in [-0.39, 0.29) is 17.9 Å². The molecule has 7 nitrogen and oxygen atoms in total. The predicted molar refractivity (Wildman–Crippen MR) is 92.9 cm³/mol. The summed E-state index contributed by atoms with van der Waals surface area (Å²) in [7, 11) is 0. The van der Waals surface area contributed by atoms with Crippen molar-refractivity contribution < 1.29 is 9.59 Å². The molecule has 0 saturated carbocycles. The van der Waals surface area contributed by atoms with Gasteiger partial charge in [-0.3, -0.25) is 14.7 Å². The van der Waals surface area contributed by atoms with Crippen LogP contribution in [0.1, 0.15) is 53.1 Å². The lowest BCUT2D eigenvalue weighted by Crippen LogP contribution is -2.21. The fourth-order valence-electron chi connectivity index (χ4n) is 3.47.